The molecule has 1 aliphatic heterocycles. The van der Waals surface area contributed by atoms with E-state index in [-0.39, 0.29) is 6.09 Å². The number of rotatable bonds is 2. The predicted octanol–water partition coefficient (Wildman–Crippen LogP) is 2.04. The Labute approximate surface area is 79.4 Å². The van der Waals surface area contributed by atoms with Gasteiger partial charge in [-0.1, -0.05) is 19.6 Å². The third kappa shape index (κ3) is 2.47. The van der Waals surface area contributed by atoms with Crippen molar-refractivity contribution in [3.05, 3.63) is 12.7 Å². The molecule has 0 aliphatic carbocycles. The van der Waals surface area contributed by atoms with Crippen LogP contribution in [0.15, 0.2) is 12.7 Å². The molecular formula is C10H17NO2. The van der Waals surface area contributed by atoms with E-state index in [2.05, 4.69) is 20.4 Å². The molecule has 0 N–H and O–H groups in total. The average molecular weight is 183 g/mol. The number of carbonyl (C=O) groups is 1. The first-order valence-corrected chi connectivity index (χ1v) is 4.69. The number of hydrogen-bond acceptors (Lipinski definition) is 2. The van der Waals surface area contributed by atoms with Gasteiger partial charge in [0.05, 0.1) is 0 Å². The highest BCUT2D eigenvalue weighted by Crippen LogP contribution is 2.22. The molecule has 0 aromatic rings. The van der Waals surface area contributed by atoms with Gasteiger partial charge in [0.15, 0.2) is 0 Å². The van der Waals surface area contributed by atoms with E-state index < -0.39 is 0 Å². The Morgan fingerprint density at radius 3 is 2.85 bits per heavy atom. The highest BCUT2D eigenvalue weighted by molar-refractivity contribution is 5.68. The Balaban J connectivity index is 2.42. The zero-order chi connectivity index (χ0) is 9.84. The SMILES string of the molecule is C=CCOC(=O)N1CC(C)CC1C. The van der Waals surface area contributed by atoms with E-state index in [1.807, 2.05) is 0 Å². The molecule has 0 spiro atoms. The Kier molecular flexibility index (Phi) is 3.34. The van der Waals surface area contributed by atoms with Crippen molar-refractivity contribution >= 4 is 6.09 Å². The minimum absolute atomic E-state index is 0.211. The quantitative estimate of drug-likeness (QED) is 0.613. The lowest BCUT2D eigenvalue weighted by atomic mass is 10.1. The second-order valence-electron chi connectivity index (χ2n) is 3.71. The molecule has 3 heteroatoms. The van der Waals surface area contributed by atoms with Crippen molar-refractivity contribution in [3.8, 4) is 0 Å². The molecule has 1 amide bonds. The normalized spacial score (nSPS) is 27.4. The molecule has 1 rings (SSSR count). The largest absolute Gasteiger partial charge is 0.445 e. The molecule has 74 valence electrons. The van der Waals surface area contributed by atoms with Crippen molar-refractivity contribution < 1.29 is 9.53 Å². The van der Waals surface area contributed by atoms with E-state index in [0.717, 1.165) is 13.0 Å². The summed E-state index contributed by atoms with van der Waals surface area (Å²) in [6.07, 6.45) is 2.45. The summed E-state index contributed by atoms with van der Waals surface area (Å²) in [6, 6.07) is 0.312. The summed E-state index contributed by atoms with van der Waals surface area (Å²) in [7, 11) is 0. The molecule has 1 saturated heterocycles. The number of carbonyl (C=O) groups excluding carboxylic acids is 1. The van der Waals surface area contributed by atoms with Crippen LogP contribution in [0, 0.1) is 5.92 Å². The van der Waals surface area contributed by atoms with Gasteiger partial charge in [-0.2, -0.15) is 0 Å². The predicted molar refractivity (Wildman–Crippen MR) is 51.5 cm³/mol. The lowest BCUT2D eigenvalue weighted by Gasteiger charge is -2.20. The number of likely N-dealkylation sites (tertiary alicyclic amines) is 1. The van der Waals surface area contributed by atoms with E-state index in [0.29, 0.717) is 18.6 Å². The summed E-state index contributed by atoms with van der Waals surface area (Å²) in [4.78, 5) is 13.2. The van der Waals surface area contributed by atoms with Crippen LogP contribution in [0.2, 0.25) is 0 Å². The van der Waals surface area contributed by atoms with Crippen molar-refractivity contribution in [2.45, 2.75) is 26.3 Å². The molecule has 2 atom stereocenters. The summed E-state index contributed by atoms with van der Waals surface area (Å²) < 4.78 is 4.96. The van der Waals surface area contributed by atoms with Crippen LogP contribution in [-0.4, -0.2) is 30.2 Å². The lowest BCUT2D eigenvalue weighted by molar-refractivity contribution is 0.110. The number of nitrogens with zero attached hydrogens (tertiary/aromatic N) is 1. The molecule has 0 aromatic heterocycles. The monoisotopic (exact) mass is 183 g/mol. The molecule has 0 aromatic carbocycles. The van der Waals surface area contributed by atoms with Gasteiger partial charge in [-0.25, -0.2) is 4.79 Å². The van der Waals surface area contributed by atoms with E-state index in [1.165, 1.54) is 0 Å². The van der Waals surface area contributed by atoms with Gasteiger partial charge in [0.25, 0.3) is 0 Å². The second kappa shape index (κ2) is 4.30. The molecule has 1 aliphatic rings. The van der Waals surface area contributed by atoms with Gasteiger partial charge in [0.1, 0.15) is 6.61 Å². The van der Waals surface area contributed by atoms with Crippen LogP contribution < -0.4 is 0 Å². The standard InChI is InChI=1S/C10H17NO2/c1-4-5-13-10(12)11-7-8(2)6-9(11)3/h4,8-9H,1,5-7H2,2-3H3. The molecule has 1 heterocycles. The fourth-order valence-corrected chi connectivity index (χ4v) is 1.77. The second-order valence-corrected chi connectivity index (χ2v) is 3.71. The van der Waals surface area contributed by atoms with Gasteiger partial charge in [0.2, 0.25) is 0 Å². The Morgan fingerprint density at radius 2 is 2.38 bits per heavy atom. The first-order valence-electron chi connectivity index (χ1n) is 4.69. The van der Waals surface area contributed by atoms with Gasteiger partial charge in [-0.15, -0.1) is 0 Å². The van der Waals surface area contributed by atoms with E-state index in [4.69, 9.17) is 4.74 Å². The summed E-state index contributed by atoms with van der Waals surface area (Å²) >= 11 is 0. The van der Waals surface area contributed by atoms with Gasteiger partial charge in [-0.05, 0) is 19.3 Å². The number of ether oxygens (including phenoxy) is 1. The van der Waals surface area contributed by atoms with E-state index in [9.17, 15) is 4.79 Å². The van der Waals surface area contributed by atoms with Crippen LogP contribution in [0.5, 0.6) is 0 Å². The smallest absolute Gasteiger partial charge is 0.410 e. The first kappa shape index (κ1) is 10.1. The van der Waals surface area contributed by atoms with E-state index in [1.54, 1.807) is 11.0 Å². The maximum atomic E-state index is 11.4. The topological polar surface area (TPSA) is 29.5 Å². The van der Waals surface area contributed by atoms with Gasteiger partial charge in [0, 0.05) is 12.6 Å². The van der Waals surface area contributed by atoms with Crippen molar-refractivity contribution in [3.63, 3.8) is 0 Å². The Bertz CT molecular complexity index is 203. The number of hydrogen-bond donors (Lipinski definition) is 0. The highest BCUT2D eigenvalue weighted by Gasteiger charge is 2.30. The van der Waals surface area contributed by atoms with Gasteiger partial charge >= 0.3 is 6.09 Å². The molecule has 1 fully saturated rings. The van der Waals surface area contributed by atoms with Crippen LogP contribution in [0.1, 0.15) is 20.3 Å². The average Bonchev–Trinajstić information content (AvgIpc) is 2.41. The van der Waals surface area contributed by atoms with Gasteiger partial charge < -0.3 is 9.64 Å². The van der Waals surface area contributed by atoms with Crippen molar-refractivity contribution in [1.82, 2.24) is 4.90 Å². The molecule has 3 nitrogen and oxygen atoms in total. The van der Waals surface area contributed by atoms with Crippen LogP contribution in [-0.2, 0) is 4.74 Å². The summed E-state index contributed by atoms with van der Waals surface area (Å²) in [6.45, 7) is 8.82. The third-order valence-electron chi connectivity index (χ3n) is 2.34. The zero-order valence-electron chi connectivity index (χ0n) is 8.32. The maximum absolute atomic E-state index is 11.4. The van der Waals surface area contributed by atoms with Crippen LogP contribution in [0.25, 0.3) is 0 Å². The third-order valence-corrected chi connectivity index (χ3v) is 2.34. The van der Waals surface area contributed by atoms with Crippen LogP contribution >= 0.6 is 0 Å². The summed E-state index contributed by atoms with van der Waals surface area (Å²) in [5.41, 5.74) is 0. The fraction of sp³-hybridized carbons (Fsp3) is 0.700. The Hall–Kier alpha value is -0.990. The number of amides is 1. The zero-order valence-corrected chi connectivity index (χ0v) is 8.32. The lowest BCUT2D eigenvalue weighted by Crippen LogP contribution is -2.34. The first-order chi connectivity index (χ1) is 6.15. The van der Waals surface area contributed by atoms with Crippen LogP contribution in [0.3, 0.4) is 0 Å². The summed E-state index contributed by atoms with van der Waals surface area (Å²) in [5, 5.41) is 0. The maximum Gasteiger partial charge on any atom is 0.410 e. The molecule has 13 heavy (non-hydrogen) atoms. The van der Waals surface area contributed by atoms with Crippen LogP contribution in [0.4, 0.5) is 4.79 Å². The Morgan fingerprint density at radius 1 is 1.69 bits per heavy atom. The molecular weight excluding hydrogens is 166 g/mol. The van der Waals surface area contributed by atoms with Gasteiger partial charge in [-0.3, -0.25) is 0 Å². The summed E-state index contributed by atoms with van der Waals surface area (Å²) in [5.74, 6) is 0.589. The molecule has 0 bridgehead atoms. The molecule has 2 unspecified atom stereocenters. The minimum atomic E-state index is -0.211. The van der Waals surface area contributed by atoms with Crippen molar-refractivity contribution in [1.29, 1.82) is 0 Å². The fourth-order valence-electron chi connectivity index (χ4n) is 1.77. The van der Waals surface area contributed by atoms with Crippen molar-refractivity contribution in [2.24, 2.45) is 5.92 Å². The molecule has 0 saturated carbocycles. The van der Waals surface area contributed by atoms with E-state index >= 15 is 0 Å². The highest BCUT2D eigenvalue weighted by atomic mass is 16.6. The minimum Gasteiger partial charge on any atom is -0.445 e. The molecule has 0 radical (unpaired) electrons. The van der Waals surface area contributed by atoms with Crippen molar-refractivity contribution in [2.75, 3.05) is 13.2 Å².